The van der Waals surface area contributed by atoms with Crippen LogP contribution in [-0.4, -0.2) is 55.0 Å². The Labute approximate surface area is 109 Å². The molecule has 18 heavy (non-hydrogen) atoms. The van der Waals surface area contributed by atoms with E-state index in [0.717, 1.165) is 51.7 Å². The lowest BCUT2D eigenvalue weighted by Gasteiger charge is -2.54. The maximum Gasteiger partial charge on any atom is 0.0951 e. The van der Waals surface area contributed by atoms with E-state index in [0.29, 0.717) is 6.04 Å². The molecule has 3 aliphatic heterocycles. The molecule has 4 fully saturated rings. The molecule has 3 heterocycles. The SMILES string of the molecule is NC1(C2CC2)CN(C2CCOC3(CCOC3)C2)C1. The zero-order chi connectivity index (χ0) is 12.2. The van der Waals surface area contributed by atoms with Crippen LogP contribution >= 0.6 is 0 Å². The fourth-order valence-corrected chi connectivity index (χ4v) is 4.06. The van der Waals surface area contributed by atoms with Gasteiger partial charge in [0.15, 0.2) is 0 Å². The Morgan fingerprint density at radius 3 is 2.61 bits per heavy atom. The lowest BCUT2D eigenvalue weighted by Crippen LogP contribution is -2.71. The van der Waals surface area contributed by atoms with Crippen LogP contribution < -0.4 is 5.73 Å². The van der Waals surface area contributed by atoms with Gasteiger partial charge in [0.1, 0.15) is 0 Å². The molecule has 4 aliphatic rings. The van der Waals surface area contributed by atoms with Gasteiger partial charge in [-0.2, -0.15) is 0 Å². The number of likely N-dealkylation sites (tertiary alicyclic amines) is 1. The van der Waals surface area contributed by atoms with Crippen LogP contribution in [0.1, 0.15) is 32.1 Å². The number of rotatable bonds is 2. The topological polar surface area (TPSA) is 47.7 Å². The van der Waals surface area contributed by atoms with Crippen molar-refractivity contribution in [2.75, 3.05) is 32.9 Å². The van der Waals surface area contributed by atoms with Gasteiger partial charge in [-0.1, -0.05) is 0 Å². The molecule has 0 radical (unpaired) electrons. The third-order valence-corrected chi connectivity index (χ3v) is 5.44. The maximum absolute atomic E-state index is 6.45. The molecule has 0 aromatic carbocycles. The first-order valence-corrected chi connectivity index (χ1v) is 7.44. The van der Waals surface area contributed by atoms with Gasteiger partial charge in [0.25, 0.3) is 0 Å². The van der Waals surface area contributed by atoms with Crippen LogP contribution in [0.2, 0.25) is 0 Å². The van der Waals surface area contributed by atoms with Gasteiger partial charge in [0.05, 0.1) is 12.2 Å². The van der Waals surface area contributed by atoms with Crippen molar-refractivity contribution in [2.45, 2.75) is 49.3 Å². The van der Waals surface area contributed by atoms with Gasteiger partial charge in [0, 0.05) is 44.3 Å². The first-order valence-electron chi connectivity index (χ1n) is 7.44. The van der Waals surface area contributed by atoms with E-state index in [1.807, 2.05) is 0 Å². The summed E-state index contributed by atoms with van der Waals surface area (Å²) in [6, 6.07) is 0.677. The fourth-order valence-electron chi connectivity index (χ4n) is 4.06. The van der Waals surface area contributed by atoms with Crippen molar-refractivity contribution in [3.05, 3.63) is 0 Å². The van der Waals surface area contributed by atoms with E-state index >= 15 is 0 Å². The Hall–Kier alpha value is -0.160. The molecule has 0 aromatic rings. The minimum atomic E-state index is 0.0370. The van der Waals surface area contributed by atoms with Crippen molar-refractivity contribution in [3.8, 4) is 0 Å². The van der Waals surface area contributed by atoms with Crippen LogP contribution in [0.25, 0.3) is 0 Å². The minimum Gasteiger partial charge on any atom is -0.378 e. The predicted molar refractivity (Wildman–Crippen MR) is 68.4 cm³/mol. The van der Waals surface area contributed by atoms with Crippen molar-refractivity contribution in [2.24, 2.45) is 11.7 Å². The number of nitrogens with zero attached hydrogens (tertiary/aromatic N) is 1. The van der Waals surface area contributed by atoms with E-state index < -0.39 is 0 Å². The first-order chi connectivity index (χ1) is 8.69. The van der Waals surface area contributed by atoms with Crippen LogP contribution in [0.15, 0.2) is 0 Å². The summed E-state index contributed by atoms with van der Waals surface area (Å²) in [5.41, 5.74) is 6.64. The van der Waals surface area contributed by atoms with Crippen LogP contribution in [0.3, 0.4) is 0 Å². The predicted octanol–water partition coefficient (Wildman–Crippen LogP) is 0.748. The van der Waals surface area contributed by atoms with Crippen molar-refractivity contribution in [3.63, 3.8) is 0 Å². The third kappa shape index (κ3) is 1.82. The summed E-state index contributed by atoms with van der Waals surface area (Å²) in [6.07, 6.45) is 6.11. The van der Waals surface area contributed by atoms with Gasteiger partial charge in [-0.05, 0) is 31.6 Å². The summed E-state index contributed by atoms with van der Waals surface area (Å²) in [5, 5.41) is 0. The van der Waals surface area contributed by atoms with Crippen LogP contribution in [0.4, 0.5) is 0 Å². The molecule has 4 rings (SSSR count). The smallest absolute Gasteiger partial charge is 0.0951 e. The quantitative estimate of drug-likeness (QED) is 0.788. The highest BCUT2D eigenvalue weighted by Gasteiger charge is 2.53. The van der Waals surface area contributed by atoms with Gasteiger partial charge in [-0.15, -0.1) is 0 Å². The van der Waals surface area contributed by atoms with Gasteiger partial charge in [0.2, 0.25) is 0 Å². The molecule has 4 heteroatoms. The highest BCUT2D eigenvalue weighted by Crippen LogP contribution is 2.45. The van der Waals surface area contributed by atoms with Crippen molar-refractivity contribution in [1.29, 1.82) is 0 Å². The van der Waals surface area contributed by atoms with Gasteiger partial charge >= 0.3 is 0 Å². The zero-order valence-corrected chi connectivity index (χ0v) is 11.1. The minimum absolute atomic E-state index is 0.0370. The van der Waals surface area contributed by atoms with E-state index in [9.17, 15) is 0 Å². The zero-order valence-electron chi connectivity index (χ0n) is 11.1. The molecule has 2 atom stereocenters. The molecule has 2 N–H and O–H groups in total. The number of nitrogens with two attached hydrogens (primary N) is 1. The van der Waals surface area contributed by atoms with Gasteiger partial charge in [-0.25, -0.2) is 0 Å². The highest BCUT2D eigenvalue weighted by atomic mass is 16.6. The number of ether oxygens (including phenoxy) is 2. The normalized spacial score (nSPS) is 44.2. The van der Waals surface area contributed by atoms with E-state index in [2.05, 4.69) is 4.90 Å². The summed E-state index contributed by atoms with van der Waals surface area (Å²) >= 11 is 0. The van der Waals surface area contributed by atoms with Crippen LogP contribution in [0, 0.1) is 5.92 Å². The van der Waals surface area contributed by atoms with E-state index in [-0.39, 0.29) is 11.1 Å². The number of hydrogen-bond donors (Lipinski definition) is 1. The van der Waals surface area contributed by atoms with Gasteiger partial charge < -0.3 is 15.2 Å². The molecule has 3 saturated heterocycles. The second-order valence-corrected chi connectivity index (χ2v) is 6.89. The Kier molecular flexibility index (Phi) is 2.54. The Morgan fingerprint density at radius 2 is 1.94 bits per heavy atom. The first kappa shape index (κ1) is 11.6. The molecular formula is C14H24N2O2. The van der Waals surface area contributed by atoms with E-state index in [4.69, 9.17) is 15.2 Å². The summed E-state index contributed by atoms with van der Waals surface area (Å²) in [6.45, 7) is 4.79. The maximum atomic E-state index is 6.45. The second-order valence-electron chi connectivity index (χ2n) is 6.89. The van der Waals surface area contributed by atoms with Crippen molar-refractivity contribution >= 4 is 0 Å². The molecule has 0 amide bonds. The Balaban J connectivity index is 1.38. The largest absolute Gasteiger partial charge is 0.378 e. The van der Waals surface area contributed by atoms with Crippen molar-refractivity contribution < 1.29 is 9.47 Å². The third-order valence-electron chi connectivity index (χ3n) is 5.44. The molecule has 102 valence electrons. The van der Waals surface area contributed by atoms with Gasteiger partial charge in [-0.3, -0.25) is 4.90 Å². The average molecular weight is 252 g/mol. The molecule has 4 nitrogen and oxygen atoms in total. The molecule has 2 unspecified atom stereocenters. The van der Waals surface area contributed by atoms with Crippen LogP contribution in [-0.2, 0) is 9.47 Å². The Morgan fingerprint density at radius 1 is 1.11 bits per heavy atom. The lowest BCUT2D eigenvalue weighted by atomic mass is 9.81. The molecule has 1 saturated carbocycles. The monoisotopic (exact) mass is 252 g/mol. The van der Waals surface area contributed by atoms with Crippen molar-refractivity contribution in [1.82, 2.24) is 4.90 Å². The standard InChI is InChI=1S/C14H24N2O2/c15-14(11-1-2-11)8-16(9-14)12-3-5-18-13(7-12)4-6-17-10-13/h11-12H,1-10,15H2. The summed E-state index contributed by atoms with van der Waals surface area (Å²) in [4.78, 5) is 2.60. The van der Waals surface area contributed by atoms with E-state index in [1.165, 1.54) is 19.3 Å². The Bertz CT molecular complexity index is 331. The van der Waals surface area contributed by atoms with Crippen LogP contribution in [0.5, 0.6) is 0 Å². The molecular weight excluding hydrogens is 228 g/mol. The molecule has 1 aliphatic carbocycles. The average Bonchev–Trinajstić information content (AvgIpc) is 3.10. The lowest BCUT2D eigenvalue weighted by molar-refractivity contribution is -0.123. The second kappa shape index (κ2) is 3.92. The molecule has 0 aromatic heterocycles. The summed E-state index contributed by atoms with van der Waals surface area (Å²) in [5.74, 6) is 0.817. The summed E-state index contributed by atoms with van der Waals surface area (Å²) in [7, 11) is 0. The number of hydrogen-bond acceptors (Lipinski definition) is 4. The fraction of sp³-hybridized carbons (Fsp3) is 1.00. The molecule has 0 bridgehead atoms. The highest BCUT2D eigenvalue weighted by molar-refractivity contribution is 5.11. The molecule has 1 spiro atoms. The summed E-state index contributed by atoms with van der Waals surface area (Å²) < 4.78 is 11.5. The van der Waals surface area contributed by atoms with E-state index in [1.54, 1.807) is 0 Å².